The lowest BCUT2D eigenvalue weighted by Gasteiger charge is -2.01. The molecule has 0 atom stereocenters. The van der Waals surface area contributed by atoms with Gasteiger partial charge in [-0.15, -0.1) is 0 Å². The summed E-state index contributed by atoms with van der Waals surface area (Å²) in [5.74, 6) is -0.445. The van der Waals surface area contributed by atoms with E-state index in [1.54, 1.807) is 6.07 Å². The average Bonchev–Trinajstić information content (AvgIpc) is 2.42. The maximum Gasteiger partial charge on any atom is 0.417 e. The first-order chi connectivity index (χ1) is 6.09. The minimum atomic E-state index is -0.445. The number of aromatic nitrogens is 1. The molecule has 0 aliphatic carbocycles. The first-order valence-corrected chi connectivity index (χ1v) is 4.26. The molecule has 0 aliphatic heterocycles. The van der Waals surface area contributed by atoms with Crippen LogP contribution in [-0.4, -0.2) is 4.98 Å². The van der Waals surface area contributed by atoms with E-state index in [2.05, 4.69) is 4.98 Å². The Hall–Kier alpha value is -1.22. The van der Waals surface area contributed by atoms with Gasteiger partial charge in [0.1, 0.15) is 0 Å². The van der Waals surface area contributed by atoms with E-state index >= 15 is 0 Å². The standard InChI is InChI=1S/C9H8ClNO2/c1-4-3-6-8(5(2)7(4)10)11-9(12)13-6/h3H,1-2H3,(H,11,12). The average molecular weight is 198 g/mol. The lowest BCUT2D eigenvalue weighted by molar-refractivity contribution is 0.555. The Kier molecular flexibility index (Phi) is 1.70. The van der Waals surface area contributed by atoms with Gasteiger partial charge in [0.15, 0.2) is 5.58 Å². The van der Waals surface area contributed by atoms with Gasteiger partial charge in [-0.2, -0.15) is 0 Å². The van der Waals surface area contributed by atoms with Gasteiger partial charge >= 0.3 is 5.76 Å². The van der Waals surface area contributed by atoms with Crippen LogP contribution in [0.2, 0.25) is 5.02 Å². The Morgan fingerprint density at radius 2 is 2.15 bits per heavy atom. The van der Waals surface area contributed by atoms with Gasteiger partial charge < -0.3 is 4.42 Å². The van der Waals surface area contributed by atoms with Gasteiger partial charge in [0.25, 0.3) is 0 Å². The number of benzene rings is 1. The number of aryl methyl sites for hydroxylation is 2. The van der Waals surface area contributed by atoms with E-state index in [1.807, 2.05) is 13.8 Å². The molecule has 0 amide bonds. The number of aromatic amines is 1. The fraction of sp³-hybridized carbons (Fsp3) is 0.222. The van der Waals surface area contributed by atoms with Crippen LogP contribution in [0, 0.1) is 13.8 Å². The highest BCUT2D eigenvalue weighted by Gasteiger charge is 2.09. The monoisotopic (exact) mass is 197 g/mol. The molecule has 0 aliphatic rings. The van der Waals surface area contributed by atoms with Crippen molar-refractivity contribution in [3.63, 3.8) is 0 Å². The van der Waals surface area contributed by atoms with Gasteiger partial charge in [0.05, 0.1) is 5.52 Å². The van der Waals surface area contributed by atoms with Crippen LogP contribution in [0.1, 0.15) is 11.1 Å². The fourth-order valence-electron chi connectivity index (χ4n) is 1.39. The summed E-state index contributed by atoms with van der Waals surface area (Å²) in [6.07, 6.45) is 0. The molecule has 0 radical (unpaired) electrons. The van der Waals surface area contributed by atoms with Gasteiger partial charge in [0.2, 0.25) is 0 Å². The molecule has 68 valence electrons. The van der Waals surface area contributed by atoms with E-state index in [0.29, 0.717) is 16.1 Å². The summed E-state index contributed by atoms with van der Waals surface area (Å²) in [6, 6.07) is 1.75. The second-order valence-electron chi connectivity index (χ2n) is 3.02. The minimum Gasteiger partial charge on any atom is -0.408 e. The van der Waals surface area contributed by atoms with Crippen LogP contribution in [0.4, 0.5) is 0 Å². The van der Waals surface area contributed by atoms with E-state index < -0.39 is 5.76 Å². The van der Waals surface area contributed by atoms with Gasteiger partial charge in [-0.25, -0.2) is 4.79 Å². The third-order valence-corrected chi connectivity index (χ3v) is 2.66. The molecule has 0 unspecified atom stereocenters. The normalized spacial score (nSPS) is 11.0. The number of H-pyrrole nitrogens is 1. The maximum atomic E-state index is 10.9. The highest BCUT2D eigenvalue weighted by molar-refractivity contribution is 6.32. The van der Waals surface area contributed by atoms with Crippen LogP contribution in [0.3, 0.4) is 0 Å². The zero-order valence-corrected chi connectivity index (χ0v) is 8.03. The quantitative estimate of drug-likeness (QED) is 0.705. The van der Waals surface area contributed by atoms with Crippen LogP contribution in [0.15, 0.2) is 15.3 Å². The summed E-state index contributed by atoms with van der Waals surface area (Å²) in [5, 5.41) is 0.671. The summed E-state index contributed by atoms with van der Waals surface area (Å²) in [5.41, 5.74) is 3.00. The summed E-state index contributed by atoms with van der Waals surface area (Å²) >= 11 is 6.00. The topological polar surface area (TPSA) is 46.0 Å². The Labute approximate surface area is 79.3 Å². The van der Waals surface area contributed by atoms with Crippen LogP contribution in [0.5, 0.6) is 0 Å². The number of hydrogen-bond donors (Lipinski definition) is 1. The number of rotatable bonds is 0. The second kappa shape index (κ2) is 2.64. The van der Waals surface area contributed by atoms with Gasteiger partial charge in [-0.05, 0) is 31.0 Å². The van der Waals surface area contributed by atoms with Crippen molar-refractivity contribution in [3.05, 3.63) is 32.8 Å². The third-order valence-electron chi connectivity index (χ3n) is 2.07. The highest BCUT2D eigenvalue weighted by Crippen LogP contribution is 2.26. The van der Waals surface area contributed by atoms with Crippen LogP contribution in [-0.2, 0) is 0 Å². The minimum absolute atomic E-state index is 0.445. The van der Waals surface area contributed by atoms with Gasteiger partial charge in [-0.1, -0.05) is 11.6 Å². The molecule has 1 aromatic carbocycles. The van der Waals surface area contributed by atoms with E-state index in [4.69, 9.17) is 16.0 Å². The number of halogens is 1. The molecule has 1 heterocycles. The fourth-order valence-corrected chi connectivity index (χ4v) is 1.53. The molecular formula is C9H8ClNO2. The number of oxazole rings is 1. The van der Waals surface area contributed by atoms with Crippen molar-refractivity contribution in [2.45, 2.75) is 13.8 Å². The van der Waals surface area contributed by atoms with Gasteiger partial charge in [-0.3, -0.25) is 4.98 Å². The number of hydrogen-bond acceptors (Lipinski definition) is 2. The van der Waals surface area contributed by atoms with Crippen molar-refractivity contribution < 1.29 is 4.42 Å². The third kappa shape index (κ3) is 1.16. The maximum absolute atomic E-state index is 10.9. The molecule has 3 nitrogen and oxygen atoms in total. The van der Waals surface area contributed by atoms with E-state index in [9.17, 15) is 4.79 Å². The SMILES string of the molecule is Cc1cc2oc(=O)[nH]c2c(C)c1Cl. The largest absolute Gasteiger partial charge is 0.417 e. The van der Waals surface area contributed by atoms with Crippen molar-refractivity contribution >= 4 is 22.7 Å². The highest BCUT2D eigenvalue weighted by atomic mass is 35.5. The van der Waals surface area contributed by atoms with Crippen LogP contribution in [0.25, 0.3) is 11.1 Å². The van der Waals surface area contributed by atoms with E-state index in [-0.39, 0.29) is 0 Å². The smallest absolute Gasteiger partial charge is 0.408 e. The van der Waals surface area contributed by atoms with Crippen molar-refractivity contribution in [2.75, 3.05) is 0 Å². The van der Waals surface area contributed by atoms with Crippen LogP contribution < -0.4 is 5.76 Å². The molecule has 1 aromatic heterocycles. The first-order valence-electron chi connectivity index (χ1n) is 3.88. The molecule has 4 heteroatoms. The lowest BCUT2D eigenvalue weighted by atomic mass is 10.1. The summed E-state index contributed by atoms with van der Waals surface area (Å²) in [6.45, 7) is 3.73. The molecular weight excluding hydrogens is 190 g/mol. The number of nitrogens with one attached hydrogen (secondary N) is 1. The summed E-state index contributed by atoms with van der Waals surface area (Å²) in [4.78, 5) is 13.5. The lowest BCUT2D eigenvalue weighted by Crippen LogP contribution is -1.93. The molecule has 13 heavy (non-hydrogen) atoms. The van der Waals surface area contributed by atoms with Gasteiger partial charge in [0, 0.05) is 5.02 Å². The van der Waals surface area contributed by atoms with E-state index in [1.165, 1.54) is 0 Å². The van der Waals surface area contributed by atoms with Crippen molar-refractivity contribution in [1.82, 2.24) is 4.98 Å². The Morgan fingerprint density at radius 1 is 1.46 bits per heavy atom. The zero-order valence-electron chi connectivity index (χ0n) is 7.27. The first kappa shape index (κ1) is 8.38. The molecule has 0 saturated carbocycles. The molecule has 0 fully saturated rings. The Bertz CT molecular complexity index is 524. The molecule has 0 saturated heterocycles. The molecule has 1 N–H and O–H groups in total. The van der Waals surface area contributed by atoms with E-state index in [0.717, 1.165) is 11.1 Å². The Morgan fingerprint density at radius 3 is 2.85 bits per heavy atom. The zero-order chi connectivity index (χ0) is 9.59. The predicted molar refractivity (Wildman–Crippen MR) is 51.3 cm³/mol. The Balaban J connectivity index is 3.00. The predicted octanol–water partition coefficient (Wildman–Crippen LogP) is 2.39. The molecule has 2 rings (SSSR count). The van der Waals surface area contributed by atoms with Crippen molar-refractivity contribution in [3.8, 4) is 0 Å². The van der Waals surface area contributed by atoms with Crippen LogP contribution >= 0.6 is 11.6 Å². The summed E-state index contributed by atoms with van der Waals surface area (Å²) < 4.78 is 4.91. The number of fused-ring (bicyclic) bond motifs is 1. The molecule has 0 bridgehead atoms. The van der Waals surface area contributed by atoms with Crippen molar-refractivity contribution in [1.29, 1.82) is 0 Å². The van der Waals surface area contributed by atoms with Crippen molar-refractivity contribution in [2.24, 2.45) is 0 Å². The second-order valence-corrected chi connectivity index (χ2v) is 3.40. The molecule has 0 spiro atoms. The molecule has 2 aromatic rings. The summed E-state index contributed by atoms with van der Waals surface area (Å²) in [7, 11) is 0.